The van der Waals surface area contributed by atoms with Gasteiger partial charge in [-0.1, -0.05) is 31.0 Å². The highest BCUT2D eigenvalue weighted by Gasteiger charge is 2.50. The Morgan fingerprint density at radius 2 is 1.94 bits per heavy atom. The Balaban J connectivity index is 1.28. The third-order valence-corrected chi connectivity index (χ3v) is 11.2. The van der Waals surface area contributed by atoms with Gasteiger partial charge in [-0.2, -0.15) is 8.42 Å². The van der Waals surface area contributed by atoms with Gasteiger partial charge in [0, 0.05) is 47.8 Å². The molecule has 3 aromatic rings. The molecule has 0 spiro atoms. The molecule has 11 heteroatoms. The Kier molecular flexibility index (Phi) is 8.42. The van der Waals surface area contributed by atoms with Gasteiger partial charge in [-0.3, -0.25) is 9.35 Å². The van der Waals surface area contributed by atoms with E-state index in [1.54, 1.807) is 0 Å². The summed E-state index contributed by atoms with van der Waals surface area (Å²) in [5.41, 5.74) is 8.37. The van der Waals surface area contributed by atoms with Gasteiger partial charge in [0.15, 0.2) is 11.0 Å². The van der Waals surface area contributed by atoms with E-state index in [1.807, 2.05) is 12.1 Å². The largest absolute Gasteiger partial charge is 0.493 e. The van der Waals surface area contributed by atoms with E-state index in [0.29, 0.717) is 12.2 Å². The molecular formula is C36H44N3O7S+. The molecule has 0 saturated heterocycles. The summed E-state index contributed by atoms with van der Waals surface area (Å²) in [6.07, 6.45) is 8.19. The van der Waals surface area contributed by atoms with Crippen LogP contribution in [0.3, 0.4) is 0 Å². The average Bonchev–Trinajstić information content (AvgIpc) is 3.50. The summed E-state index contributed by atoms with van der Waals surface area (Å²) in [4.78, 5) is 13.6. The number of unbranched alkanes of at least 4 members (excludes halogenated alkanes) is 2. The first-order valence-electron chi connectivity index (χ1n) is 16.9. The first kappa shape index (κ1) is 31.9. The zero-order valence-corrected chi connectivity index (χ0v) is 28.0. The number of fused-ring (bicyclic) bond motifs is 9. The summed E-state index contributed by atoms with van der Waals surface area (Å²) in [5.74, 6) is 0.754. The molecule has 2 N–H and O–H groups in total. The molecule has 47 heavy (non-hydrogen) atoms. The summed E-state index contributed by atoms with van der Waals surface area (Å²) in [5, 5.41) is 9.15. The third kappa shape index (κ3) is 5.76. The lowest BCUT2D eigenvalue weighted by atomic mass is 9.73. The van der Waals surface area contributed by atoms with Crippen molar-refractivity contribution in [1.29, 1.82) is 0 Å². The number of hydrogen-bond donors (Lipinski definition) is 2. The van der Waals surface area contributed by atoms with Gasteiger partial charge in [-0.15, -0.1) is 0 Å². The first-order valence-corrected chi connectivity index (χ1v) is 18.5. The van der Waals surface area contributed by atoms with E-state index in [0.717, 1.165) is 68.6 Å². The van der Waals surface area contributed by atoms with E-state index in [1.165, 1.54) is 28.1 Å². The molecule has 250 valence electrons. The van der Waals surface area contributed by atoms with Gasteiger partial charge in [-0.25, -0.2) is 9.13 Å². The number of carboxylic acid groups (broad SMARTS) is 1. The van der Waals surface area contributed by atoms with Gasteiger partial charge >= 0.3 is 5.97 Å². The topological polar surface area (TPSA) is 122 Å². The maximum Gasteiger partial charge on any atom is 0.303 e. The Morgan fingerprint density at radius 1 is 1.11 bits per heavy atom. The van der Waals surface area contributed by atoms with Crippen molar-refractivity contribution in [3.63, 3.8) is 0 Å². The van der Waals surface area contributed by atoms with Crippen LogP contribution in [0.25, 0.3) is 16.6 Å². The van der Waals surface area contributed by atoms with E-state index in [-0.39, 0.29) is 42.8 Å². The van der Waals surface area contributed by atoms with E-state index in [2.05, 4.69) is 64.3 Å². The van der Waals surface area contributed by atoms with Gasteiger partial charge in [0.1, 0.15) is 5.75 Å². The summed E-state index contributed by atoms with van der Waals surface area (Å²) >= 11 is 0. The number of hydrogen-bond acceptors (Lipinski definition) is 6. The molecule has 3 atom stereocenters. The fraction of sp³-hybridized carbons (Fsp3) is 0.500. The van der Waals surface area contributed by atoms with Crippen LogP contribution in [0.1, 0.15) is 76.6 Å². The number of ether oxygens (including phenoxy) is 2. The Hall–Kier alpha value is -3.67. The number of carboxylic acids is 1. The normalized spacial score (nSPS) is 23.1. The Bertz CT molecular complexity index is 1900. The fourth-order valence-corrected chi connectivity index (χ4v) is 8.86. The lowest BCUT2D eigenvalue weighted by Gasteiger charge is -2.42. The zero-order chi connectivity index (χ0) is 32.9. The number of rotatable bonds is 12. The van der Waals surface area contributed by atoms with Crippen molar-refractivity contribution in [2.45, 2.75) is 95.9 Å². The van der Waals surface area contributed by atoms with Crippen LogP contribution in [0.4, 0.5) is 5.69 Å². The summed E-state index contributed by atoms with van der Waals surface area (Å²) in [6.45, 7) is 7.22. The Morgan fingerprint density at radius 3 is 2.72 bits per heavy atom. The maximum absolute atomic E-state index is 11.1. The second kappa shape index (κ2) is 12.4. The monoisotopic (exact) mass is 662 g/mol. The smallest absolute Gasteiger partial charge is 0.303 e. The highest BCUT2D eigenvalue weighted by atomic mass is 32.2. The fourth-order valence-electron chi connectivity index (χ4n) is 8.38. The number of aliphatic carboxylic acids is 1. The summed E-state index contributed by atoms with van der Waals surface area (Å²) in [7, 11) is -4.02. The molecule has 0 aliphatic carbocycles. The molecule has 5 heterocycles. The van der Waals surface area contributed by atoms with Crippen LogP contribution < -0.4 is 14.2 Å². The molecule has 0 saturated carbocycles. The molecule has 3 unspecified atom stereocenters. The van der Waals surface area contributed by atoms with Crippen molar-refractivity contribution in [2.24, 2.45) is 0 Å². The van der Waals surface area contributed by atoms with Gasteiger partial charge < -0.3 is 19.5 Å². The third-order valence-electron chi connectivity index (χ3n) is 10.4. The number of aryl methyl sites for hydroxylation is 2. The quantitative estimate of drug-likeness (QED) is 0.145. The van der Waals surface area contributed by atoms with Crippen LogP contribution in [0, 0.1) is 0 Å². The highest BCUT2D eigenvalue weighted by molar-refractivity contribution is 7.85. The lowest BCUT2D eigenvalue weighted by molar-refractivity contribution is -0.679. The van der Waals surface area contributed by atoms with Crippen LogP contribution in [0.5, 0.6) is 5.75 Å². The highest BCUT2D eigenvalue weighted by Crippen LogP contribution is 2.55. The van der Waals surface area contributed by atoms with E-state index in [4.69, 9.17) is 19.1 Å². The van der Waals surface area contributed by atoms with Crippen molar-refractivity contribution >= 4 is 38.4 Å². The Labute approximate surface area is 276 Å². The van der Waals surface area contributed by atoms with Crippen molar-refractivity contribution in [3.05, 3.63) is 71.2 Å². The SMILES string of the molecule is CCn1c2[n+](c3ccc(OCCCS(=O)(=O)O)cc31)CCC1OC3CCN4C(=C3C=C21)C(C)(CCCCCC(=O)O)c1ccccc14. The number of imidazole rings is 1. The minimum Gasteiger partial charge on any atom is -0.493 e. The van der Waals surface area contributed by atoms with Crippen molar-refractivity contribution in [2.75, 3.05) is 23.8 Å². The molecule has 1 aromatic heterocycles. The number of carbonyl (C=O) groups is 1. The lowest BCUT2D eigenvalue weighted by Crippen LogP contribution is -2.49. The predicted molar refractivity (Wildman–Crippen MR) is 179 cm³/mol. The number of nitrogens with zero attached hydrogens (tertiary/aromatic N) is 3. The molecule has 4 aliphatic rings. The van der Waals surface area contributed by atoms with Crippen molar-refractivity contribution < 1.29 is 36.9 Å². The summed E-state index contributed by atoms with van der Waals surface area (Å²) in [6, 6.07) is 14.8. The van der Waals surface area contributed by atoms with Crippen molar-refractivity contribution in [1.82, 2.24) is 4.57 Å². The second-order valence-corrected chi connectivity index (χ2v) is 15.0. The molecule has 0 radical (unpaired) electrons. The molecule has 0 amide bonds. The number of allylic oxidation sites excluding steroid dienone is 1. The summed E-state index contributed by atoms with van der Waals surface area (Å²) < 4.78 is 48.9. The maximum atomic E-state index is 11.1. The molecule has 0 bridgehead atoms. The number of aromatic nitrogens is 2. The van der Waals surface area contributed by atoms with Crippen LogP contribution in [0.2, 0.25) is 0 Å². The first-order chi connectivity index (χ1) is 22.6. The number of anilines is 1. The second-order valence-electron chi connectivity index (χ2n) is 13.4. The van der Waals surface area contributed by atoms with E-state index in [9.17, 15) is 13.2 Å². The van der Waals surface area contributed by atoms with Gasteiger partial charge in [0.25, 0.3) is 15.9 Å². The molecule has 2 aromatic carbocycles. The standard InChI is InChI=1S/C36H43N3O7S/c1-3-37-30-22-24(45-20-9-21-47(42,43)44)13-14-29(30)39-19-16-32-26(35(37)39)23-25-31(46-32)15-18-38-28-11-7-6-10-27(28)36(2,34(25)38)17-8-4-5-12-33(40)41/h6-7,10-11,13-14,22-23,31-32H,3-5,8-9,12,15-21H2,1-2H3,(H-,40,41,42,43,44)/p+1. The molecule has 7 rings (SSSR count). The van der Waals surface area contributed by atoms with Gasteiger partial charge in [-0.05, 0) is 69.4 Å². The molecular weight excluding hydrogens is 618 g/mol. The number of benzene rings is 2. The van der Waals surface area contributed by atoms with Crippen LogP contribution >= 0.6 is 0 Å². The molecule has 10 nitrogen and oxygen atoms in total. The number of para-hydroxylation sites is 1. The minimum atomic E-state index is -4.02. The van der Waals surface area contributed by atoms with E-state index >= 15 is 0 Å². The average molecular weight is 663 g/mol. The van der Waals surface area contributed by atoms with Gasteiger partial charge in [0.2, 0.25) is 0 Å². The van der Waals surface area contributed by atoms with Crippen LogP contribution in [-0.2, 0) is 38.2 Å². The minimum absolute atomic E-state index is 0.00714. The van der Waals surface area contributed by atoms with Crippen molar-refractivity contribution in [3.8, 4) is 5.75 Å². The predicted octanol–water partition coefficient (Wildman–Crippen LogP) is 5.63. The van der Waals surface area contributed by atoms with Gasteiger partial charge in [0.05, 0.1) is 43.2 Å². The molecule has 4 aliphatic heterocycles. The van der Waals surface area contributed by atoms with E-state index < -0.39 is 16.1 Å². The molecule has 0 fully saturated rings. The van der Waals surface area contributed by atoms with Crippen LogP contribution in [0.15, 0.2) is 59.8 Å². The van der Waals surface area contributed by atoms with Crippen LogP contribution in [-0.4, -0.2) is 59.7 Å². The zero-order valence-electron chi connectivity index (χ0n) is 27.2.